The van der Waals surface area contributed by atoms with E-state index in [0.29, 0.717) is 49.7 Å². The molecule has 11 nitrogen and oxygen atoms in total. The summed E-state index contributed by atoms with van der Waals surface area (Å²) >= 11 is 0. The average Bonchev–Trinajstić information content (AvgIpc) is 3.17. The fourth-order valence-corrected chi connectivity index (χ4v) is 5.56. The molecule has 214 valence electrons. The third-order valence-electron chi connectivity index (χ3n) is 7.22. The summed E-state index contributed by atoms with van der Waals surface area (Å²) in [7, 11) is -4.27. The molecular formula is C28H36N6O5S. The number of hydrogen-bond acceptors (Lipinski definition) is 10. The first-order valence-electron chi connectivity index (χ1n) is 13.2. The SMILES string of the molecule is CCOCCOc1cc(-c2ccc(C(=O)NS(=O)(=O)c3cccc(N)n3)c(N3CCC(C)C3(C)C)n2)cc(C)n1. The van der Waals surface area contributed by atoms with Gasteiger partial charge in [0.1, 0.15) is 18.2 Å². The minimum absolute atomic E-state index is 0.0312. The van der Waals surface area contributed by atoms with Crippen LogP contribution >= 0.6 is 0 Å². The van der Waals surface area contributed by atoms with Gasteiger partial charge in [0.05, 0.1) is 17.9 Å². The molecular weight excluding hydrogens is 532 g/mol. The van der Waals surface area contributed by atoms with Gasteiger partial charge >= 0.3 is 0 Å². The fraction of sp³-hybridized carbons (Fsp3) is 0.429. The smallest absolute Gasteiger partial charge is 0.281 e. The third-order valence-corrected chi connectivity index (χ3v) is 8.45. The summed E-state index contributed by atoms with van der Waals surface area (Å²) in [4.78, 5) is 28.7. The molecule has 0 aromatic carbocycles. The van der Waals surface area contributed by atoms with E-state index in [9.17, 15) is 13.2 Å². The van der Waals surface area contributed by atoms with Crippen LogP contribution in [0.15, 0.2) is 47.5 Å². The van der Waals surface area contributed by atoms with Crippen LogP contribution in [0.2, 0.25) is 0 Å². The number of aryl methyl sites for hydroxylation is 1. The van der Waals surface area contributed by atoms with Crippen LogP contribution in [0, 0.1) is 12.8 Å². The van der Waals surface area contributed by atoms with E-state index in [0.717, 1.165) is 17.7 Å². The van der Waals surface area contributed by atoms with Crippen LogP contribution in [-0.4, -0.2) is 61.2 Å². The molecule has 3 aromatic rings. The molecule has 1 atom stereocenters. The molecule has 1 aliphatic heterocycles. The molecule has 40 heavy (non-hydrogen) atoms. The molecule has 3 N–H and O–H groups in total. The maximum atomic E-state index is 13.5. The zero-order valence-electron chi connectivity index (χ0n) is 23.5. The summed E-state index contributed by atoms with van der Waals surface area (Å²) in [5.74, 6) is 0.384. The lowest BCUT2D eigenvalue weighted by Gasteiger charge is -2.36. The van der Waals surface area contributed by atoms with Gasteiger partial charge in [-0.2, -0.15) is 8.42 Å². The van der Waals surface area contributed by atoms with E-state index in [1.807, 2.05) is 19.9 Å². The Labute approximate surface area is 235 Å². The van der Waals surface area contributed by atoms with Crippen LogP contribution in [0.1, 0.15) is 50.2 Å². The summed E-state index contributed by atoms with van der Waals surface area (Å²) in [5, 5.41) is -0.341. The minimum atomic E-state index is -4.27. The Morgan fingerprint density at radius 2 is 1.93 bits per heavy atom. The van der Waals surface area contributed by atoms with E-state index >= 15 is 0 Å². The second kappa shape index (κ2) is 11.8. The number of aromatic nitrogens is 3. The van der Waals surface area contributed by atoms with Crippen molar-refractivity contribution in [2.45, 2.75) is 51.6 Å². The number of sulfonamides is 1. The van der Waals surface area contributed by atoms with Crippen molar-refractivity contribution in [1.29, 1.82) is 0 Å². The first-order chi connectivity index (χ1) is 18.9. The third kappa shape index (κ3) is 6.34. The molecule has 0 radical (unpaired) electrons. The van der Waals surface area contributed by atoms with Gasteiger partial charge in [0.25, 0.3) is 15.9 Å². The number of anilines is 2. The number of amides is 1. The molecule has 1 amide bonds. The number of nitrogens with zero attached hydrogens (tertiary/aromatic N) is 4. The fourth-order valence-electron chi connectivity index (χ4n) is 4.62. The predicted molar refractivity (Wildman–Crippen MR) is 153 cm³/mol. The second-order valence-corrected chi connectivity index (χ2v) is 11.9. The van der Waals surface area contributed by atoms with Crippen LogP contribution in [-0.2, 0) is 14.8 Å². The summed E-state index contributed by atoms with van der Waals surface area (Å²) in [6.45, 7) is 12.2. The molecule has 12 heteroatoms. The highest BCUT2D eigenvalue weighted by molar-refractivity contribution is 7.90. The molecule has 0 aliphatic carbocycles. The van der Waals surface area contributed by atoms with E-state index in [-0.39, 0.29) is 21.9 Å². The van der Waals surface area contributed by atoms with Crippen molar-refractivity contribution >= 4 is 27.6 Å². The van der Waals surface area contributed by atoms with Crippen molar-refractivity contribution in [1.82, 2.24) is 19.7 Å². The van der Waals surface area contributed by atoms with E-state index in [4.69, 9.17) is 20.2 Å². The number of carbonyl (C=O) groups excluding carboxylic acids is 1. The number of hydrogen-bond donors (Lipinski definition) is 2. The van der Waals surface area contributed by atoms with Crippen molar-refractivity contribution in [3.8, 4) is 17.1 Å². The average molecular weight is 569 g/mol. The number of carbonyl (C=O) groups is 1. The van der Waals surface area contributed by atoms with Crippen molar-refractivity contribution in [3.05, 3.63) is 53.7 Å². The Bertz CT molecular complexity index is 1490. The molecule has 1 unspecified atom stereocenters. The molecule has 1 saturated heterocycles. The minimum Gasteiger partial charge on any atom is -0.475 e. The van der Waals surface area contributed by atoms with Gasteiger partial charge < -0.3 is 20.1 Å². The van der Waals surface area contributed by atoms with E-state index < -0.39 is 15.9 Å². The quantitative estimate of drug-likeness (QED) is 0.347. The number of pyridine rings is 3. The van der Waals surface area contributed by atoms with Crippen molar-refractivity contribution < 1.29 is 22.7 Å². The van der Waals surface area contributed by atoms with Crippen molar-refractivity contribution in [3.63, 3.8) is 0 Å². The van der Waals surface area contributed by atoms with Gasteiger partial charge in [-0.15, -0.1) is 0 Å². The number of nitrogens with one attached hydrogen (secondary N) is 1. The van der Waals surface area contributed by atoms with Gasteiger partial charge in [-0.25, -0.2) is 19.7 Å². The van der Waals surface area contributed by atoms with Gasteiger partial charge in [0.15, 0.2) is 5.03 Å². The largest absolute Gasteiger partial charge is 0.475 e. The molecule has 0 saturated carbocycles. The lowest BCUT2D eigenvalue weighted by Crippen LogP contribution is -2.43. The Balaban J connectivity index is 1.73. The number of nitrogens with two attached hydrogens (primary N) is 1. The van der Waals surface area contributed by atoms with E-state index in [1.165, 1.54) is 18.2 Å². The van der Waals surface area contributed by atoms with Gasteiger partial charge in [0.2, 0.25) is 5.88 Å². The highest BCUT2D eigenvalue weighted by Gasteiger charge is 2.41. The van der Waals surface area contributed by atoms with Gasteiger partial charge in [-0.05, 0) is 70.4 Å². The predicted octanol–water partition coefficient (Wildman–Crippen LogP) is 3.59. The lowest BCUT2D eigenvalue weighted by atomic mass is 9.90. The topological polar surface area (TPSA) is 150 Å². The van der Waals surface area contributed by atoms with E-state index in [2.05, 4.69) is 40.4 Å². The van der Waals surface area contributed by atoms with Crippen molar-refractivity contribution in [2.75, 3.05) is 37.0 Å². The maximum Gasteiger partial charge on any atom is 0.281 e. The number of ether oxygens (including phenoxy) is 2. The molecule has 0 bridgehead atoms. The summed E-state index contributed by atoms with van der Waals surface area (Å²) < 4.78 is 39.2. The molecule has 0 spiro atoms. The molecule has 3 aromatic heterocycles. The molecule has 1 aliphatic rings. The van der Waals surface area contributed by atoms with Crippen LogP contribution < -0.4 is 20.1 Å². The van der Waals surface area contributed by atoms with E-state index in [1.54, 1.807) is 18.2 Å². The summed E-state index contributed by atoms with van der Waals surface area (Å²) in [6, 6.07) is 11.2. The molecule has 4 heterocycles. The standard InChI is InChI=1S/C28H36N6O5S/c1-6-38-14-15-39-24-17-20(16-19(3)30-24)22-11-10-21(26(31-22)34-13-12-18(2)28(34,4)5)27(35)33-40(36,37)25-9-7-8-23(29)32-25/h7-11,16-18H,6,12-15H2,1-5H3,(H2,29,32)(H,33,35). The van der Waals surface area contributed by atoms with Crippen molar-refractivity contribution in [2.24, 2.45) is 5.92 Å². The molecule has 1 fully saturated rings. The Kier molecular flexibility index (Phi) is 8.59. The Morgan fingerprint density at radius 1 is 1.15 bits per heavy atom. The summed E-state index contributed by atoms with van der Waals surface area (Å²) in [5.41, 5.74) is 7.57. The maximum absolute atomic E-state index is 13.5. The monoisotopic (exact) mass is 568 g/mol. The van der Waals surface area contributed by atoms with Gasteiger partial charge in [0, 0.05) is 36.0 Å². The Hall–Kier alpha value is -3.77. The molecule has 4 rings (SSSR count). The van der Waals surface area contributed by atoms with Crippen LogP contribution in [0.5, 0.6) is 5.88 Å². The number of nitrogen functional groups attached to an aromatic ring is 1. The normalized spacial score (nSPS) is 16.6. The first kappa shape index (κ1) is 29.2. The highest BCUT2D eigenvalue weighted by atomic mass is 32.2. The lowest BCUT2D eigenvalue weighted by molar-refractivity contribution is 0.0981. The van der Waals surface area contributed by atoms with Gasteiger partial charge in [-0.1, -0.05) is 13.0 Å². The zero-order chi connectivity index (χ0) is 29.1. The zero-order valence-corrected chi connectivity index (χ0v) is 24.3. The van der Waals surface area contributed by atoms with Gasteiger partial charge in [-0.3, -0.25) is 4.79 Å². The van der Waals surface area contributed by atoms with Crippen LogP contribution in [0.3, 0.4) is 0 Å². The highest BCUT2D eigenvalue weighted by Crippen LogP contribution is 2.39. The first-order valence-corrected chi connectivity index (χ1v) is 14.7. The summed E-state index contributed by atoms with van der Waals surface area (Å²) in [6.07, 6.45) is 0.900. The van der Waals surface area contributed by atoms with Crippen LogP contribution in [0.25, 0.3) is 11.3 Å². The van der Waals surface area contributed by atoms with Crippen LogP contribution in [0.4, 0.5) is 11.6 Å². The number of rotatable bonds is 10. The Morgan fingerprint density at radius 3 is 2.60 bits per heavy atom. The second-order valence-electron chi connectivity index (χ2n) is 10.3.